The third kappa shape index (κ3) is 6.55. The number of thiophene rings is 1. The maximum Gasteiger partial charge on any atom is 0.263 e. The molecule has 3 heterocycles. The summed E-state index contributed by atoms with van der Waals surface area (Å²) in [5.41, 5.74) is 3.94. The number of ether oxygens (including phenoxy) is 1. The summed E-state index contributed by atoms with van der Waals surface area (Å²) in [6.45, 7) is -0.109. The van der Waals surface area contributed by atoms with E-state index in [-0.39, 0.29) is 30.3 Å². The second-order valence-corrected chi connectivity index (χ2v) is 14.0. The minimum atomic E-state index is -4.13. The number of hydrogen-bond donors (Lipinski definition) is 1. The smallest absolute Gasteiger partial charge is 0.263 e. The molecule has 2 saturated heterocycles. The fourth-order valence-corrected chi connectivity index (χ4v) is 7.98. The van der Waals surface area contributed by atoms with Crippen LogP contribution in [0.2, 0.25) is 0 Å². The molecule has 2 aromatic rings. The normalized spacial score (nSPS) is 21.8. The van der Waals surface area contributed by atoms with Gasteiger partial charge in [0.2, 0.25) is 10.0 Å². The fraction of sp³-hybridized carbons (Fsp3) is 0.478. The average Bonchev–Trinajstić information content (AvgIpc) is 3.39. The second-order valence-electron chi connectivity index (χ2n) is 8.78. The van der Waals surface area contributed by atoms with E-state index in [2.05, 4.69) is 11.5 Å². The molecule has 4 rings (SSSR count). The Balaban J connectivity index is 1.55. The van der Waals surface area contributed by atoms with E-state index in [1.54, 1.807) is 6.07 Å². The summed E-state index contributed by atoms with van der Waals surface area (Å²) in [7, 11) is -7.78. The highest BCUT2D eigenvalue weighted by molar-refractivity contribution is 7.91. The van der Waals surface area contributed by atoms with Crippen LogP contribution in [0.1, 0.15) is 24.8 Å². The molecule has 0 spiro atoms. The lowest BCUT2D eigenvalue weighted by Gasteiger charge is -2.38. The number of hydroxylamine groups is 1. The Kier molecular flexibility index (Phi) is 8.64. The number of nitriles is 1. The van der Waals surface area contributed by atoms with Gasteiger partial charge in [0.25, 0.3) is 15.9 Å². The number of nitrogens with zero attached hydrogens (tertiary/aromatic N) is 3. The van der Waals surface area contributed by atoms with Crippen molar-refractivity contribution in [3.05, 3.63) is 42.0 Å². The lowest BCUT2D eigenvalue weighted by atomic mass is 10.1. The first-order chi connectivity index (χ1) is 17.6. The summed E-state index contributed by atoms with van der Waals surface area (Å²) in [6, 6.07) is 11.2. The van der Waals surface area contributed by atoms with Crippen LogP contribution in [0.15, 0.2) is 40.6 Å². The number of carbonyl (C=O) groups is 1. The highest BCUT2D eigenvalue weighted by Gasteiger charge is 2.43. The molecule has 2 atom stereocenters. The molecule has 0 saturated carbocycles. The molecule has 1 aromatic heterocycles. The maximum atomic E-state index is 13.6. The third-order valence-corrected chi connectivity index (χ3v) is 10.9. The van der Waals surface area contributed by atoms with Crippen molar-refractivity contribution in [3.8, 4) is 16.5 Å². The number of hydrogen-bond acceptors (Lipinski definition) is 9. The van der Waals surface area contributed by atoms with Crippen molar-refractivity contribution < 1.29 is 31.2 Å². The molecule has 1 unspecified atom stereocenters. The van der Waals surface area contributed by atoms with E-state index < -0.39 is 38.3 Å². The number of piperazine rings is 1. The minimum Gasteiger partial charge on any atom is -0.350 e. The van der Waals surface area contributed by atoms with E-state index in [4.69, 9.17) is 14.8 Å². The van der Waals surface area contributed by atoms with Crippen molar-refractivity contribution in [3.63, 3.8) is 0 Å². The van der Waals surface area contributed by atoms with Crippen LogP contribution in [0, 0.1) is 11.3 Å². The van der Waals surface area contributed by atoms with Gasteiger partial charge in [-0.1, -0.05) is 24.3 Å². The van der Waals surface area contributed by atoms with Crippen molar-refractivity contribution in [1.29, 1.82) is 5.26 Å². The molecule has 11 nitrogen and oxygen atoms in total. The van der Waals surface area contributed by atoms with Gasteiger partial charge >= 0.3 is 0 Å². The van der Waals surface area contributed by atoms with Crippen molar-refractivity contribution in [1.82, 2.24) is 14.1 Å². The Morgan fingerprint density at radius 3 is 2.57 bits per heavy atom. The van der Waals surface area contributed by atoms with E-state index in [0.29, 0.717) is 17.9 Å². The monoisotopic (exact) mass is 568 g/mol. The SMILES string of the molecule is CS(=O)(=O)N1CCN(S(=O)(=O)c2ccc(-c3ccc(CC#N)cc3)s2)[C@@H](C(=O)NOC2CCCCO2)C1. The number of amides is 1. The van der Waals surface area contributed by atoms with E-state index in [1.807, 2.05) is 24.3 Å². The molecular formula is C23H28N4O7S3. The first-order valence-corrected chi connectivity index (χ1v) is 15.8. The van der Waals surface area contributed by atoms with Crippen LogP contribution in [0.25, 0.3) is 10.4 Å². The van der Waals surface area contributed by atoms with Crippen LogP contribution in [0.3, 0.4) is 0 Å². The number of rotatable bonds is 8. The van der Waals surface area contributed by atoms with Crippen LogP contribution in [0.5, 0.6) is 0 Å². The summed E-state index contributed by atoms with van der Waals surface area (Å²) in [4.78, 5) is 19.1. The maximum absolute atomic E-state index is 13.6. The fourth-order valence-electron chi connectivity index (χ4n) is 4.15. The van der Waals surface area contributed by atoms with Gasteiger partial charge in [0.1, 0.15) is 10.3 Å². The molecule has 37 heavy (non-hydrogen) atoms. The molecule has 2 aliphatic rings. The predicted octanol–water partition coefficient (Wildman–Crippen LogP) is 1.69. The van der Waals surface area contributed by atoms with Gasteiger partial charge in [0.15, 0.2) is 6.29 Å². The molecule has 1 N–H and O–H groups in total. The van der Waals surface area contributed by atoms with Crippen LogP contribution < -0.4 is 5.48 Å². The Bertz CT molecular complexity index is 1360. The quantitative estimate of drug-likeness (QED) is 0.474. The van der Waals surface area contributed by atoms with Crippen LogP contribution in [-0.2, 0) is 40.8 Å². The Labute approximate surface area is 220 Å². The summed E-state index contributed by atoms with van der Waals surface area (Å²) in [5, 5.41) is 8.85. The van der Waals surface area contributed by atoms with Gasteiger partial charge < -0.3 is 4.74 Å². The van der Waals surface area contributed by atoms with Gasteiger partial charge in [-0.3, -0.25) is 4.79 Å². The van der Waals surface area contributed by atoms with E-state index in [9.17, 15) is 21.6 Å². The lowest BCUT2D eigenvalue weighted by molar-refractivity contribution is -0.202. The number of nitrogens with one attached hydrogen (secondary N) is 1. The van der Waals surface area contributed by atoms with Crippen molar-refractivity contribution in [2.45, 2.75) is 42.2 Å². The summed E-state index contributed by atoms with van der Waals surface area (Å²) < 4.78 is 59.2. The first kappa shape index (κ1) is 27.6. The molecule has 2 aliphatic heterocycles. The standard InChI is InChI=1S/C23H28N4O7S3/c1-36(29,30)26-13-14-27(19(16-26)23(28)25-34-21-4-2-3-15-33-21)37(31,32)22-10-9-20(35-22)18-7-5-17(6-8-18)11-12-24/h5-10,19,21H,2-4,11,13-16H2,1H3,(H,25,28)/t19-,21?/m1/s1. The molecule has 2 fully saturated rings. The molecule has 1 aromatic carbocycles. The summed E-state index contributed by atoms with van der Waals surface area (Å²) in [6.07, 6.45) is 3.00. The molecule has 0 radical (unpaired) electrons. The highest BCUT2D eigenvalue weighted by Crippen LogP contribution is 2.34. The van der Waals surface area contributed by atoms with Gasteiger partial charge in [-0.15, -0.1) is 11.3 Å². The van der Waals surface area contributed by atoms with E-state index in [0.717, 1.165) is 50.2 Å². The predicted molar refractivity (Wildman–Crippen MR) is 136 cm³/mol. The van der Waals surface area contributed by atoms with E-state index >= 15 is 0 Å². The van der Waals surface area contributed by atoms with Crippen molar-refractivity contribution >= 4 is 37.3 Å². The Morgan fingerprint density at radius 1 is 1.16 bits per heavy atom. The molecule has 200 valence electrons. The van der Waals surface area contributed by atoms with Gasteiger partial charge in [0, 0.05) is 37.5 Å². The van der Waals surface area contributed by atoms with Gasteiger partial charge in [0.05, 0.1) is 18.7 Å². The summed E-state index contributed by atoms with van der Waals surface area (Å²) in [5.74, 6) is -0.768. The van der Waals surface area contributed by atoms with Gasteiger partial charge in [-0.25, -0.2) is 27.2 Å². The van der Waals surface area contributed by atoms with Crippen molar-refractivity contribution in [2.75, 3.05) is 32.5 Å². The Hall–Kier alpha value is -2.38. The highest BCUT2D eigenvalue weighted by atomic mass is 32.2. The third-order valence-electron chi connectivity index (χ3n) is 6.16. The van der Waals surface area contributed by atoms with Crippen LogP contribution in [-0.4, -0.2) is 76.2 Å². The number of carbonyl (C=O) groups excluding carboxylic acids is 1. The van der Waals surface area contributed by atoms with Crippen molar-refractivity contribution in [2.24, 2.45) is 0 Å². The zero-order valence-electron chi connectivity index (χ0n) is 20.2. The average molecular weight is 569 g/mol. The zero-order chi connectivity index (χ0) is 26.6. The van der Waals surface area contributed by atoms with Crippen LogP contribution >= 0.6 is 11.3 Å². The lowest BCUT2D eigenvalue weighted by Crippen LogP contribution is -2.61. The summed E-state index contributed by atoms with van der Waals surface area (Å²) >= 11 is 1.05. The van der Waals surface area contributed by atoms with Gasteiger partial charge in [-0.05, 0) is 36.1 Å². The topological polar surface area (TPSA) is 146 Å². The molecule has 0 bridgehead atoms. The second kappa shape index (κ2) is 11.6. The number of sulfonamides is 2. The molecule has 14 heteroatoms. The minimum absolute atomic E-state index is 0.0331. The Morgan fingerprint density at radius 2 is 1.92 bits per heavy atom. The largest absolute Gasteiger partial charge is 0.350 e. The molecular weight excluding hydrogens is 540 g/mol. The van der Waals surface area contributed by atoms with E-state index in [1.165, 1.54) is 6.07 Å². The number of benzene rings is 1. The zero-order valence-corrected chi connectivity index (χ0v) is 22.6. The van der Waals surface area contributed by atoms with Crippen LogP contribution in [0.4, 0.5) is 0 Å². The van der Waals surface area contributed by atoms with Gasteiger partial charge in [-0.2, -0.15) is 13.9 Å². The first-order valence-electron chi connectivity index (χ1n) is 11.7. The molecule has 0 aliphatic carbocycles. The molecule has 1 amide bonds.